The molecule has 4 heteroatoms. The molecule has 0 saturated carbocycles. The number of benzene rings is 2. The fraction of sp³-hybridized carbons (Fsp3) is 0.333. The summed E-state index contributed by atoms with van der Waals surface area (Å²) in [6.07, 6.45) is 3.37. The van der Waals surface area contributed by atoms with E-state index in [-0.39, 0.29) is 0 Å². The fourth-order valence-corrected chi connectivity index (χ4v) is 4.01. The molecule has 3 heterocycles. The summed E-state index contributed by atoms with van der Waals surface area (Å²) in [7, 11) is 0. The van der Waals surface area contributed by atoms with Crippen LogP contribution in [0.25, 0.3) is 5.57 Å². The predicted molar refractivity (Wildman–Crippen MR) is 95.5 cm³/mol. The van der Waals surface area contributed by atoms with Gasteiger partial charge in [-0.15, -0.1) is 0 Å². The highest BCUT2D eigenvalue weighted by Crippen LogP contribution is 2.38. The summed E-state index contributed by atoms with van der Waals surface area (Å²) < 4.78 is 16.8. The molecule has 2 aromatic carbocycles. The third kappa shape index (κ3) is 2.81. The zero-order valence-electron chi connectivity index (χ0n) is 14.1. The lowest BCUT2D eigenvalue weighted by molar-refractivity contribution is -0.0402. The van der Waals surface area contributed by atoms with E-state index < -0.39 is 0 Å². The number of hydrogen-bond donors (Lipinski definition) is 0. The summed E-state index contributed by atoms with van der Waals surface area (Å²) >= 11 is 0. The first-order chi connectivity index (χ1) is 12.4. The molecule has 2 unspecified atom stereocenters. The Bertz CT molecular complexity index is 802. The highest BCUT2D eigenvalue weighted by Gasteiger charge is 2.35. The zero-order chi connectivity index (χ0) is 16.6. The Hall–Kier alpha value is -2.30. The summed E-state index contributed by atoms with van der Waals surface area (Å²) in [5.41, 5.74) is 3.99. The van der Waals surface area contributed by atoms with Gasteiger partial charge < -0.3 is 14.2 Å². The number of morpholine rings is 1. The molecule has 2 atom stereocenters. The van der Waals surface area contributed by atoms with Crippen molar-refractivity contribution in [2.75, 3.05) is 20.0 Å². The van der Waals surface area contributed by atoms with Gasteiger partial charge in [-0.05, 0) is 35.3 Å². The summed E-state index contributed by atoms with van der Waals surface area (Å²) in [5, 5.41) is 0. The average Bonchev–Trinajstić information content (AvgIpc) is 3.10. The molecule has 0 amide bonds. The third-order valence-corrected chi connectivity index (χ3v) is 5.29. The smallest absolute Gasteiger partial charge is 0.231 e. The van der Waals surface area contributed by atoms with Crippen LogP contribution in [0, 0.1) is 0 Å². The van der Waals surface area contributed by atoms with E-state index >= 15 is 0 Å². The lowest BCUT2D eigenvalue weighted by Crippen LogP contribution is -2.53. The van der Waals surface area contributed by atoms with E-state index in [1.54, 1.807) is 0 Å². The molecule has 2 bridgehead atoms. The number of fused-ring (bicyclic) bond motifs is 3. The lowest BCUT2D eigenvalue weighted by atomic mass is 9.89. The van der Waals surface area contributed by atoms with Gasteiger partial charge in [-0.1, -0.05) is 42.5 Å². The SMILES string of the molecule is C1=C(c2ccc3c(c2)OCO3)CC2COCC1N2Cc1ccccc1. The van der Waals surface area contributed by atoms with Gasteiger partial charge in [0.05, 0.1) is 19.3 Å². The Kier molecular flexibility index (Phi) is 3.72. The molecule has 128 valence electrons. The van der Waals surface area contributed by atoms with Crippen LogP contribution in [0.2, 0.25) is 0 Å². The van der Waals surface area contributed by atoms with Gasteiger partial charge in [0.2, 0.25) is 6.79 Å². The Morgan fingerprint density at radius 2 is 1.84 bits per heavy atom. The van der Waals surface area contributed by atoms with Crippen LogP contribution >= 0.6 is 0 Å². The van der Waals surface area contributed by atoms with E-state index in [1.165, 1.54) is 16.7 Å². The standard InChI is InChI=1S/C21H21NO3/c1-2-4-15(5-3-1)11-22-18-8-17(9-19(22)13-23-12-18)16-6-7-20-21(10-16)25-14-24-20/h1-8,10,18-19H,9,11-14H2. The minimum atomic E-state index is 0.321. The molecule has 0 aromatic heterocycles. The maximum absolute atomic E-state index is 5.83. The first kappa shape index (κ1) is 15.0. The minimum Gasteiger partial charge on any atom is -0.454 e. The predicted octanol–water partition coefficient (Wildman–Crippen LogP) is 3.47. The van der Waals surface area contributed by atoms with Crippen LogP contribution in [0.1, 0.15) is 17.5 Å². The van der Waals surface area contributed by atoms with Gasteiger partial charge in [-0.25, -0.2) is 0 Å². The summed E-state index contributed by atoms with van der Waals surface area (Å²) in [6, 6.07) is 17.7. The molecular weight excluding hydrogens is 314 g/mol. The number of rotatable bonds is 3. The van der Waals surface area contributed by atoms with Crippen LogP contribution in [0.4, 0.5) is 0 Å². The third-order valence-electron chi connectivity index (χ3n) is 5.29. The van der Waals surface area contributed by atoms with Crippen LogP contribution in [-0.4, -0.2) is 37.0 Å². The van der Waals surface area contributed by atoms with Crippen LogP contribution in [0.5, 0.6) is 11.5 Å². The molecule has 2 aromatic rings. The summed E-state index contributed by atoms with van der Waals surface area (Å²) in [5.74, 6) is 1.70. The second-order valence-corrected chi connectivity index (χ2v) is 6.88. The monoisotopic (exact) mass is 335 g/mol. The molecule has 3 aliphatic heterocycles. The van der Waals surface area contributed by atoms with E-state index in [1.807, 2.05) is 6.07 Å². The topological polar surface area (TPSA) is 30.9 Å². The van der Waals surface area contributed by atoms with Crippen molar-refractivity contribution in [2.45, 2.75) is 25.0 Å². The van der Waals surface area contributed by atoms with Crippen LogP contribution < -0.4 is 9.47 Å². The molecule has 4 nitrogen and oxygen atoms in total. The van der Waals surface area contributed by atoms with Gasteiger partial charge in [-0.2, -0.15) is 0 Å². The van der Waals surface area contributed by atoms with Crippen molar-refractivity contribution in [3.63, 3.8) is 0 Å². The number of ether oxygens (including phenoxy) is 3. The molecule has 3 aliphatic rings. The first-order valence-corrected chi connectivity index (χ1v) is 8.85. The van der Waals surface area contributed by atoms with Crippen molar-refractivity contribution in [1.29, 1.82) is 0 Å². The second-order valence-electron chi connectivity index (χ2n) is 6.88. The zero-order valence-corrected chi connectivity index (χ0v) is 14.1. The van der Waals surface area contributed by atoms with E-state index in [0.717, 1.165) is 37.7 Å². The van der Waals surface area contributed by atoms with Gasteiger partial charge in [0.25, 0.3) is 0 Å². The van der Waals surface area contributed by atoms with Crippen molar-refractivity contribution >= 4 is 5.57 Å². The Labute approximate surface area is 147 Å². The molecule has 1 fully saturated rings. The summed E-state index contributed by atoms with van der Waals surface area (Å²) in [4.78, 5) is 2.58. The van der Waals surface area contributed by atoms with Crippen molar-refractivity contribution < 1.29 is 14.2 Å². The van der Waals surface area contributed by atoms with Gasteiger partial charge in [0.1, 0.15) is 0 Å². The second kappa shape index (κ2) is 6.21. The first-order valence-electron chi connectivity index (χ1n) is 8.85. The molecule has 0 aliphatic carbocycles. The van der Waals surface area contributed by atoms with Crippen molar-refractivity contribution in [1.82, 2.24) is 4.90 Å². The van der Waals surface area contributed by atoms with Gasteiger partial charge in [-0.3, -0.25) is 4.90 Å². The molecule has 25 heavy (non-hydrogen) atoms. The number of nitrogens with zero attached hydrogens (tertiary/aromatic N) is 1. The quantitative estimate of drug-likeness (QED) is 0.859. The van der Waals surface area contributed by atoms with Crippen LogP contribution in [-0.2, 0) is 11.3 Å². The van der Waals surface area contributed by atoms with E-state index in [2.05, 4.69) is 53.4 Å². The van der Waals surface area contributed by atoms with E-state index in [4.69, 9.17) is 14.2 Å². The molecule has 5 rings (SSSR count). The number of hydrogen-bond acceptors (Lipinski definition) is 4. The molecule has 0 radical (unpaired) electrons. The van der Waals surface area contributed by atoms with Crippen molar-refractivity contribution in [3.05, 3.63) is 65.7 Å². The molecular formula is C21H21NO3. The van der Waals surface area contributed by atoms with Crippen molar-refractivity contribution in [2.24, 2.45) is 0 Å². The summed E-state index contributed by atoms with van der Waals surface area (Å²) in [6.45, 7) is 2.86. The minimum absolute atomic E-state index is 0.321. The largest absolute Gasteiger partial charge is 0.454 e. The van der Waals surface area contributed by atoms with E-state index in [0.29, 0.717) is 18.9 Å². The highest BCUT2D eigenvalue weighted by molar-refractivity contribution is 5.70. The Balaban J connectivity index is 1.42. The Morgan fingerprint density at radius 3 is 2.72 bits per heavy atom. The van der Waals surface area contributed by atoms with Gasteiger partial charge in [0.15, 0.2) is 11.5 Å². The molecule has 1 saturated heterocycles. The average molecular weight is 335 g/mol. The Morgan fingerprint density at radius 1 is 0.960 bits per heavy atom. The highest BCUT2D eigenvalue weighted by atomic mass is 16.7. The van der Waals surface area contributed by atoms with Crippen molar-refractivity contribution in [3.8, 4) is 11.5 Å². The maximum Gasteiger partial charge on any atom is 0.231 e. The fourth-order valence-electron chi connectivity index (χ4n) is 4.01. The molecule has 0 N–H and O–H groups in total. The van der Waals surface area contributed by atoms with E-state index in [9.17, 15) is 0 Å². The van der Waals surface area contributed by atoms with Crippen LogP contribution in [0.3, 0.4) is 0 Å². The maximum atomic E-state index is 5.83. The lowest BCUT2D eigenvalue weighted by Gasteiger charge is -2.44. The normalized spacial score (nSPS) is 24.9. The molecule has 0 spiro atoms. The van der Waals surface area contributed by atoms with Gasteiger partial charge in [0, 0.05) is 12.6 Å². The van der Waals surface area contributed by atoms with Crippen LogP contribution in [0.15, 0.2) is 54.6 Å². The van der Waals surface area contributed by atoms with Gasteiger partial charge >= 0.3 is 0 Å².